The average molecular weight is 294 g/mol. The van der Waals surface area contributed by atoms with E-state index in [1.165, 1.54) is 12.5 Å². The summed E-state index contributed by atoms with van der Waals surface area (Å²) in [5.74, 6) is 0. The van der Waals surface area contributed by atoms with Crippen molar-refractivity contribution in [3.8, 4) is 0 Å². The Hall–Kier alpha value is -1.63. The Bertz CT molecular complexity index is 691. The minimum absolute atomic E-state index is 0.199. The van der Waals surface area contributed by atoms with Crippen molar-refractivity contribution in [2.24, 2.45) is 5.73 Å². The van der Waals surface area contributed by atoms with Gasteiger partial charge < -0.3 is 10.2 Å². The van der Waals surface area contributed by atoms with E-state index in [1.54, 1.807) is 19.1 Å². The Balaban J connectivity index is 2.31. The Morgan fingerprint density at radius 3 is 2.60 bits per heavy atom. The van der Waals surface area contributed by atoms with Crippen LogP contribution in [0.5, 0.6) is 0 Å². The minimum Gasteiger partial charge on any atom is -0.472 e. The molecule has 1 aromatic heterocycles. The van der Waals surface area contributed by atoms with Crippen LogP contribution in [0.25, 0.3) is 0 Å². The topological polar surface area (TPSA) is 85.3 Å². The van der Waals surface area contributed by atoms with E-state index in [1.807, 2.05) is 13.0 Å². The van der Waals surface area contributed by atoms with Crippen molar-refractivity contribution < 1.29 is 12.8 Å². The monoisotopic (exact) mass is 294 g/mol. The first-order chi connectivity index (χ1) is 9.44. The molecule has 0 bridgehead atoms. The molecule has 1 heterocycles. The summed E-state index contributed by atoms with van der Waals surface area (Å²) in [5.41, 5.74) is 8.83. The molecule has 0 fully saturated rings. The summed E-state index contributed by atoms with van der Waals surface area (Å²) < 4.78 is 32.3. The van der Waals surface area contributed by atoms with E-state index in [-0.39, 0.29) is 11.4 Å². The van der Waals surface area contributed by atoms with E-state index in [0.717, 1.165) is 22.3 Å². The zero-order chi connectivity index (χ0) is 14.8. The molecule has 0 radical (unpaired) electrons. The number of hydrogen-bond acceptors (Lipinski definition) is 4. The van der Waals surface area contributed by atoms with Crippen LogP contribution in [0.2, 0.25) is 0 Å². The van der Waals surface area contributed by atoms with Crippen molar-refractivity contribution >= 4 is 10.0 Å². The van der Waals surface area contributed by atoms with Gasteiger partial charge >= 0.3 is 0 Å². The van der Waals surface area contributed by atoms with Gasteiger partial charge in [-0.25, -0.2) is 13.1 Å². The van der Waals surface area contributed by atoms with Crippen LogP contribution < -0.4 is 10.5 Å². The molecule has 0 aliphatic rings. The smallest absolute Gasteiger partial charge is 0.241 e. The third-order valence-corrected chi connectivity index (χ3v) is 4.78. The number of rotatable bonds is 5. The van der Waals surface area contributed by atoms with Crippen LogP contribution in [-0.2, 0) is 23.1 Å². The third kappa shape index (κ3) is 3.09. The number of nitrogens with one attached hydrogen (secondary N) is 1. The SMILES string of the molecule is Cc1cc(CN)cc(S(=O)(=O)NCc2ccoc2)c1C. The van der Waals surface area contributed by atoms with Crippen LogP contribution >= 0.6 is 0 Å². The Labute approximate surface area is 118 Å². The molecule has 0 saturated carbocycles. The fourth-order valence-corrected chi connectivity index (χ4v) is 3.33. The van der Waals surface area contributed by atoms with Gasteiger partial charge in [0.1, 0.15) is 0 Å². The molecule has 108 valence electrons. The van der Waals surface area contributed by atoms with E-state index in [0.29, 0.717) is 6.54 Å². The molecule has 6 heteroatoms. The second kappa shape index (κ2) is 5.78. The predicted molar refractivity (Wildman–Crippen MR) is 76.5 cm³/mol. The van der Waals surface area contributed by atoms with E-state index in [4.69, 9.17) is 10.2 Å². The maximum Gasteiger partial charge on any atom is 0.241 e. The van der Waals surface area contributed by atoms with Crippen LogP contribution in [-0.4, -0.2) is 8.42 Å². The van der Waals surface area contributed by atoms with Crippen molar-refractivity contribution in [1.82, 2.24) is 4.72 Å². The predicted octanol–water partition coefficient (Wildman–Crippen LogP) is 1.83. The molecule has 5 nitrogen and oxygen atoms in total. The second-order valence-corrected chi connectivity index (χ2v) is 6.43. The molecule has 0 spiro atoms. The Morgan fingerprint density at radius 1 is 1.25 bits per heavy atom. The lowest BCUT2D eigenvalue weighted by atomic mass is 10.1. The van der Waals surface area contributed by atoms with E-state index in [2.05, 4.69) is 4.72 Å². The van der Waals surface area contributed by atoms with Crippen LogP contribution in [0.15, 0.2) is 40.0 Å². The number of hydrogen-bond donors (Lipinski definition) is 2. The molecule has 0 amide bonds. The van der Waals surface area contributed by atoms with Gasteiger partial charge in [0.25, 0.3) is 0 Å². The molecule has 0 aliphatic carbocycles. The van der Waals surface area contributed by atoms with Gasteiger partial charge in [0.2, 0.25) is 10.0 Å². The highest BCUT2D eigenvalue weighted by Gasteiger charge is 2.18. The summed E-state index contributed by atoms with van der Waals surface area (Å²) in [6.07, 6.45) is 3.02. The third-order valence-electron chi connectivity index (χ3n) is 3.25. The number of nitrogens with two attached hydrogens (primary N) is 1. The van der Waals surface area contributed by atoms with Gasteiger partial charge in [-0.1, -0.05) is 6.07 Å². The Kier molecular flexibility index (Phi) is 4.27. The first-order valence-electron chi connectivity index (χ1n) is 6.25. The lowest BCUT2D eigenvalue weighted by molar-refractivity contribution is 0.561. The lowest BCUT2D eigenvalue weighted by Crippen LogP contribution is -2.24. The number of sulfonamides is 1. The molecule has 2 rings (SSSR count). The Morgan fingerprint density at radius 2 is 2.00 bits per heavy atom. The highest BCUT2D eigenvalue weighted by molar-refractivity contribution is 7.89. The summed E-state index contributed by atoms with van der Waals surface area (Å²) in [6.45, 7) is 4.18. The van der Waals surface area contributed by atoms with Crippen molar-refractivity contribution in [2.45, 2.75) is 31.8 Å². The van der Waals surface area contributed by atoms with Crippen LogP contribution in [0.4, 0.5) is 0 Å². The van der Waals surface area contributed by atoms with Crippen LogP contribution in [0.3, 0.4) is 0 Å². The molecule has 0 saturated heterocycles. The quantitative estimate of drug-likeness (QED) is 0.881. The van der Waals surface area contributed by atoms with Crippen molar-refractivity contribution in [2.75, 3.05) is 0 Å². The van der Waals surface area contributed by atoms with Gasteiger partial charge in [-0.2, -0.15) is 0 Å². The summed E-state index contributed by atoms with van der Waals surface area (Å²) in [6, 6.07) is 5.25. The van der Waals surface area contributed by atoms with Crippen LogP contribution in [0.1, 0.15) is 22.3 Å². The molecular formula is C14H18N2O3S. The summed E-state index contributed by atoms with van der Waals surface area (Å²) in [7, 11) is -3.57. The van der Waals surface area contributed by atoms with Gasteiger partial charge in [0, 0.05) is 18.7 Å². The summed E-state index contributed by atoms with van der Waals surface area (Å²) >= 11 is 0. The van der Waals surface area contributed by atoms with E-state index < -0.39 is 10.0 Å². The van der Waals surface area contributed by atoms with Crippen molar-refractivity contribution in [1.29, 1.82) is 0 Å². The molecule has 0 atom stereocenters. The normalized spacial score (nSPS) is 11.8. The standard InChI is InChI=1S/C14H18N2O3S/c1-10-5-13(7-15)6-14(11(10)2)20(17,18)16-8-12-3-4-19-9-12/h3-6,9,16H,7-8,15H2,1-2H3. The van der Waals surface area contributed by atoms with Crippen LogP contribution in [0, 0.1) is 13.8 Å². The molecule has 3 N–H and O–H groups in total. The molecule has 0 aliphatic heterocycles. The molecule has 1 aromatic carbocycles. The number of aryl methyl sites for hydroxylation is 1. The lowest BCUT2D eigenvalue weighted by Gasteiger charge is -2.12. The van der Waals surface area contributed by atoms with Gasteiger partial charge in [0.05, 0.1) is 17.4 Å². The summed E-state index contributed by atoms with van der Waals surface area (Å²) in [4.78, 5) is 0.279. The van der Waals surface area contributed by atoms with Gasteiger partial charge in [-0.05, 0) is 42.7 Å². The van der Waals surface area contributed by atoms with Crippen molar-refractivity contribution in [3.63, 3.8) is 0 Å². The largest absolute Gasteiger partial charge is 0.472 e. The highest BCUT2D eigenvalue weighted by Crippen LogP contribution is 2.21. The number of benzene rings is 1. The van der Waals surface area contributed by atoms with E-state index in [9.17, 15) is 8.42 Å². The first-order valence-corrected chi connectivity index (χ1v) is 7.73. The minimum atomic E-state index is -3.57. The summed E-state index contributed by atoms with van der Waals surface area (Å²) in [5, 5.41) is 0. The molecule has 20 heavy (non-hydrogen) atoms. The highest BCUT2D eigenvalue weighted by atomic mass is 32.2. The second-order valence-electron chi connectivity index (χ2n) is 4.70. The van der Waals surface area contributed by atoms with E-state index >= 15 is 0 Å². The fraction of sp³-hybridized carbons (Fsp3) is 0.286. The average Bonchev–Trinajstić information content (AvgIpc) is 2.92. The zero-order valence-electron chi connectivity index (χ0n) is 11.5. The fourth-order valence-electron chi connectivity index (χ4n) is 1.95. The maximum absolute atomic E-state index is 12.4. The first kappa shape index (κ1) is 14.8. The maximum atomic E-state index is 12.4. The van der Waals surface area contributed by atoms with Gasteiger partial charge in [-0.15, -0.1) is 0 Å². The van der Waals surface area contributed by atoms with Gasteiger partial charge in [0.15, 0.2) is 0 Å². The molecular weight excluding hydrogens is 276 g/mol. The molecule has 2 aromatic rings. The molecule has 0 unspecified atom stereocenters. The van der Waals surface area contributed by atoms with Crippen molar-refractivity contribution in [3.05, 3.63) is 53.0 Å². The van der Waals surface area contributed by atoms with Gasteiger partial charge in [-0.3, -0.25) is 0 Å². The zero-order valence-corrected chi connectivity index (χ0v) is 12.3. The number of furan rings is 1.